The molecule has 1 aliphatic rings. The van der Waals surface area contributed by atoms with E-state index in [0.717, 1.165) is 10.5 Å². The van der Waals surface area contributed by atoms with Crippen LogP contribution >= 0.6 is 0 Å². The number of hydrogen-bond acceptors (Lipinski definition) is 3. The number of anilines is 1. The van der Waals surface area contributed by atoms with Crippen LogP contribution in [-0.4, -0.2) is 18.0 Å². The molecule has 1 heterocycles. The number of para-hydroxylation sites is 1. The van der Waals surface area contributed by atoms with Crippen LogP contribution in [0.3, 0.4) is 0 Å². The van der Waals surface area contributed by atoms with Crippen molar-refractivity contribution < 1.29 is 40.7 Å². The van der Waals surface area contributed by atoms with Gasteiger partial charge in [-0.25, -0.2) is 4.79 Å². The third kappa shape index (κ3) is 5.92. The van der Waals surface area contributed by atoms with E-state index in [-0.39, 0.29) is 24.8 Å². The number of fused-ring (bicyclic) bond motifs is 1. The zero-order chi connectivity index (χ0) is 27.7. The number of rotatable bonds is 4. The van der Waals surface area contributed by atoms with Gasteiger partial charge in [-0.3, -0.25) is 4.79 Å². The first kappa shape index (κ1) is 27.0. The molecule has 1 N–H and O–H groups in total. The predicted octanol–water partition coefficient (Wildman–Crippen LogP) is 7.13. The van der Waals surface area contributed by atoms with Gasteiger partial charge in [0.2, 0.25) is 0 Å². The Hall–Kier alpha value is -4.02. The molecular weight excluding hydrogens is 514 g/mol. The van der Waals surface area contributed by atoms with E-state index in [9.17, 15) is 35.9 Å². The van der Waals surface area contributed by atoms with Gasteiger partial charge in [0.25, 0.3) is 5.91 Å². The third-order valence-corrected chi connectivity index (χ3v) is 6.15. The first-order chi connectivity index (χ1) is 17.8. The number of carbonyl (C=O) groups excluding carboxylic acids is 2. The summed E-state index contributed by atoms with van der Waals surface area (Å²) in [6, 6.07) is 14.9. The van der Waals surface area contributed by atoms with Crippen LogP contribution in [-0.2, 0) is 23.7 Å². The van der Waals surface area contributed by atoms with E-state index in [2.05, 4.69) is 5.32 Å². The number of ether oxygens (including phenoxy) is 1. The van der Waals surface area contributed by atoms with Crippen molar-refractivity contribution in [3.05, 3.63) is 101 Å². The van der Waals surface area contributed by atoms with Gasteiger partial charge in [0.1, 0.15) is 6.61 Å². The Morgan fingerprint density at radius 2 is 1.47 bits per heavy atom. The van der Waals surface area contributed by atoms with E-state index in [1.807, 2.05) is 6.07 Å². The molecule has 3 aromatic rings. The molecule has 2 atom stereocenters. The fraction of sp³-hybridized carbons (Fsp3) is 0.259. The minimum absolute atomic E-state index is 0.0225. The monoisotopic (exact) mass is 536 g/mol. The Bertz CT molecular complexity index is 1290. The van der Waals surface area contributed by atoms with Crippen molar-refractivity contribution in [2.45, 2.75) is 44.4 Å². The van der Waals surface area contributed by atoms with E-state index in [1.165, 1.54) is 6.07 Å². The molecule has 4 rings (SSSR count). The largest absolute Gasteiger partial charge is 0.445 e. The Kier molecular flexibility index (Phi) is 7.39. The number of halogens is 6. The van der Waals surface area contributed by atoms with Crippen molar-refractivity contribution in [2.75, 3.05) is 4.90 Å². The van der Waals surface area contributed by atoms with Crippen molar-refractivity contribution in [1.82, 2.24) is 5.32 Å². The summed E-state index contributed by atoms with van der Waals surface area (Å²) in [7, 11) is 0. The van der Waals surface area contributed by atoms with Crippen LogP contribution in [0.1, 0.15) is 52.0 Å². The number of carbonyl (C=O) groups is 2. The fourth-order valence-corrected chi connectivity index (χ4v) is 4.38. The van der Waals surface area contributed by atoms with Gasteiger partial charge < -0.3 is 15.0 Å². The quantitative estimate of drug-likeness (QED) is 0.361. The number of amides is 2. The number of hydrogen-bond donors (Lipinski definition) is 1. The highest BCUT2D eigenvalue weighted by Crippen LogP contribution is 2.40. The molecule has 3 aromatic carbocycles. The van der Waals surface area contributed by atoms with Crippen molar-refractivity contribution in [1.29, 1.82) is 0 Å². The van der Waals surface area contributed by atoms with Gasteiger partial charge in [0.15, 0.2) is 0 Å². The van der Waals surface area contributed by atoms with Gasteiger partial charge >= 0.3 is 18.4 Å². The molecule has 0 unspecified atom stereocenters. The number of nitrogens with one attached hydrogen (secondary N) is 1. The maximum atomic E-state index is 13.4. The highest BCUT2D eigenvalue weighted by Gasteiger charge is 2.40. The van der Waals surface area contributed by atoms with Crippen molar-refractivity contribution in [3.63, 3.8) is 0 Å². The lowest BCUT2D eigenvalue weighted by Gasteiger charge is -2.39. The van der Waals surface area contributed by atoms with E-state index >= 15 is 0 Å². The molecule has 0 aromatic heterocycles. The topological polar surface area (TPSA) is 58.6 Å². The molecule has 2 amide bonds. The number of alkyl carbamates (subject to hydrolysis) is 1. The minimum atomic E-state index is -5.09. The van der Waals surface area contributed by atoms with Gasteiger partial charge in [-0.2, -0.15) is 26.3 Å². The zero-order valence-electron chi connectivity index (χ0n) is 19.9. The van der Waals surface area contributed by atoms with Crippen LogP contribution in [0.25, 0.3) is 0 Å². The molecule has 0 saturated heterocycles. The fourth-order valence-electron chi connectivity index (χ4n) is 4.38. The van der Waals surface area contributed by atoms with Crippen LogP contribution in [0.4, 0.5) is 36.8 Å². The second-order valence-electron chi connectivity index (χ2n) is 8.87. The number of benzene rings is 3. The van der Waals surface area contributed by atoms with Crippen molar-refractivity contribution in [2.24, 2.45) is 0 Å². The predicted molar refractivity (Wildman–Crippen MR) is 126 cm³/mol. The molecule has 200 valence electrons. The summed E-state index contributed by atoms with van der Waals surface area (Å²) in [6.07, 6.45) is -10.7. The van der Waals surface area contributed by atoms with E-state index < -0.39 is 53.1 Å². The summed E-state index contributed by atoms with van der Waals surface area (Å²) in [6.45, 7) is 1.62. The van der Waals surface area contributed by atoms with Gasteiger partial charge in [-0.1, -0.05) is 48.5 Å². The summed E-state index contributed by atoms with van der Waals surface area (Å²) in [4.78, 5) is 27.0. The molecular formula is C27H22F6N2O3. The molecule has 0 spiro atoms. The standard InChI is InChI=1S/C27H22F6N2O3/c1-16-11-22(34-25(37)38-15-17-7-3-2-4-8-17)21-9-5-6-10-23(21)35(16)24(36)18-12-19(26(28,29)30)14-20(13-18)27(31,32)33/h2-10,12-14,16,22H,11,15H2,1H3,(H,34,37)/t16-,22+/m0/s1. The van der Waals surface area contributed by atoms with E-state index in [1.54, 1.807) is 49.4 Å². The van der Waals surface area contributed by atoms with Gasteiger partial charge in [-0.15, -0.1) is 0 Å². The van der Waals surface area contributed by atoms with Crippen LogP contribution in [0.5, 0.6) is 0 Å². The lowest BCUT2D eigenvalue weighted by Crippen LogP contribution is -2.46. The molecule has 5 nitrogen and oxygen atoms in total. The van der Waals surface area contributed by atoms with Crippen molar-refractivity contribution in [3.8, 4) is 0 Å². The van der Waals surface area contributed by atoms with E-state index in [0.29, 0.717) is 17.7 Å². The van der Waals surface area contributed by atoms with Crippen LogP contribution in [0.2, 0.25) is 0 Å². The van der Waals surface area contributed by atoms with Crippen LogP contribution < -0.4 is 10.2 Å². The summed E-state index contributed by atoms with van der Waals surface area (Å²) in [5.41, 5.74) is -2.39. The summed E-state index contributed by atoms with van der Waals surface area (Å²) in [5.74, 6) is -1.02. The number of alkyl halides is 6. The zero-order valence-corrected chi connectivity index (χ0v) is 19.9. The highest BCUT2D eigenvalue weighted by atomic mass is 19.4. The number of nitrogens with zero attached hydrogens (tertiary/aromatic N) is 1. The van der Waals surface area contributed by atoms with Gasteiger partial charge in [-0.05, 0) is 48.7 Å². The SMILES string of the molecule is C[C@H]1C[C@@H](NC(=O)OCc2ccccc2)c2ccccc2N1C(=O)c1cc(C(F)(F)F)cc(C(F)(F)F)c1. The van der Waals surface area contributed by atoms with Crippen LogP contribution in [0.15, 0.2) is 72.8 Å². The second kappa shape index (κ2) is 10.4. The molecule has 1 aliphatic heterocycles. The maximum Gasteiger partial charge on any atom is 0.416 e. The molecule has 0 bridgehead atoms. The third-order valence-electron chi connectivity index (χ3n) is 6.15. The van der Waals surface area contributed by atoms with Gasteiger partial charge in [0.05, 0.1) is 17.2 Å². The average molecular weight is 536 g/mol. The Labute approximate surface area is 214 Å². The normalized spacial score (nSPS) is 17.5. The Morgan fingerprint density at radius 1 is 0.895 bits per heavy atom. The molecule has 0 aliphatic carbocycles. The summed E-state index contributed by atoms with van der Waals surface area (Å²) in [5, 5.41) is 2.74. The summed E-state index contributed by atoms with van der Waals surface area (Å²) < 4.78 is 85.4. The average Bonchev–Trinajstić information content (AvgIpc) is 2.86. The molecule has 0 fully saturated rings. The first-order valence-corrected chi connectivity index (χ1v) is 11.5. The minimum Gasteiger partial charge on any atom is -0.445 e. The van der Waals surface area contributed by atoms with Crippen molar-refractivity contribution >= 4 is 17.7 Å². The maximum absolute atomic E-state index is 13.4. The molecule has 0 saturated carbocycles. The highest BCUT2D eigenvalue weighted by molar-refractivity contribution is 6.07. The van der Waals surface area contributed by atoms with Crippen LogP contribution in [0, 0.1) is 0 Å². The summed E-state index contributed by atoms with van der Waals surface area (Å²) >= 11 is 0. The van der Waals surface area contributed by atoms with E-state index in [4.69, 9.17) is 4.74 Å². The lowest BCUT2D eigenvalue weighted by molar-refractivity contribution is -0.143. The van der Waals surface area contributed by atoms with Gasteiger partial charge in [0, 0.05) is 17.3 Å². The smallest absolute Gasteiger partial charge is 0.416 e. The first-order valence-electron chi connectivity index (χ1n) is 11.5. The molecule has 38 heavy (non-hydrogen) atoms. The Balaban J connectivity index is 1.62. The lowest BCUT2D eigenvalue weighted by atomic mass is 9.91. The molecule has 11 heteroatoms. The second-order valence-corrected chi connectivity index (χ2v) is 8.87. The Morgan fingerprint density at radius 3 is 2.08 bits per heavy atom. The molecule has 0 radical (unpaired) electrons.